The average molecular weight is 206 g/mol. The predicted octanol–water partition coefficient (Wildman–Crippen LogP) is 1.78. The molecule has 0 aliphatic carbocycles. The van der Waals surface area contributed by atoms with E-state index in [2.05, 4.69) is 0 Å². The van der Waals surface area contributed by atoms with E-state index >= 15 is 0 Å². The van der Waals surface area contributed by atoms with Gasteiger partial charge in [-0.3, -0.25) is 9.59 Å². The van der Waals surface area contributed by atoms with Crippen LogP contribution in [0.25, 0.3) is 10.1 Å². The summed E-state index contributed by atoms with van der Waals surface area (Å²) in [6, 6.07) is 6.87. The predicted molar refractivity (Wildman–Crippen MR) is 55.1 cm³/mol. The van der Waals surface area contributed by atoms with Gasteiger partial charge in [-0.15, -0.1) is 0 Å². The topological polar surface area (TPSA) is 54.4 Å². The van der Waals surface area contributed by atoms with E-state index in [1.807, 2.05) is 0 Å². The summed E-state index contributed by atoms with van der Waals surface area (Å²) < 4.78 is 0.681. The number of carbonyl (C=O) groups excluding carboxylic acids is 1. The molecule has 0 unspecified atom stereocenters. The maximum absolute atomic E-state index is 11.6. The fourth-order valence-corrected chi connectivity index (χ4v) is 2.12. The summed E-state index contributed by atoms with van der Waals surface area (Å²) in [7, 11) is 0. The van der Waals surface area contributed by atoms with Crippen molar-refractivity contribution in [2.45, 2.75) is 0 Å². The van der Waals surface area contributed by atoms with E-state index in [4.69, 9.17) is 0 Å². The van der Waals surface area contributed by atoms with Crippen molar-refractivity contribution < 1.29 is 9.90 Å². The lowest BCUT2D eigenvalue weighted by atomic mass is 10.2. The molecule has 1 heterocycles. The number of aromatic hydroxyl groups is 1. The van der Waals surface area contributed by atoms with E-state index in [0.717, 1.165) is 11.3 Å². The van der Waals surface area contributed by atoms with Gasteiger partial charge in [0.25, 0.3) is 0 Å². The minimum Gasteiger partial charge on any atom is -0.499 e. The van der Waals surface area contributed by atoms with Crippen LogP contribution in [0.5, 0.6) is 5.06 Å². The lowest BCUT2D eigenvalue weighted by Crippen LogP contribution is -2.06. The van der Waals surface area contributed by atoms with E-state index in [1.165, 1.54) is 0 Å². The monoisotopic (exact) mass is 206 g/mol. The van der Waals surface area contributed by atoms with Gasteiger partial charge in [0.1, 0.15) is 5.56 Å². The first-order chi connectivity index (χ1) is 6.74. The number of carbonyl (C=O) groups is 1. The van der Waals surface area contributed by atoms with Crippen molar-refractivity contribution in [3.05, 3.63) is 40.1 Å². The van der Waals surface area contributed by atoms with Crippen LogP contribution in [0.2, 0.25) is 0 Å². The van der Waals surface area contributed by atoms with E-state index in [0.29, 0.717) is 16.4 Å². The number of benzene rings is 1. The maximum atomic E-state index is 11.6. The second-order valence-corrected chi connectivity index (χ2v) is 3.79. The van der Waals surface area contributed by atoms with E-state index in [1.54, 1.807) is 24.3 Å². The van der Waals surface area contributed by atoms with Crippen molar-refractivity contribution in [2.75, 3.05) is 0 Å². The van der Waals surface area contributed by atoms with Crippen LogP contribution in [0.3, 0.4) is 0 Å². The van der Waals surface area contributed by atoms with Crippen LogP contribution in [0.1, 0.15) is 10.4 Å². The van der Waals surface area contributed by atoms with Gasteiger partial charge in [0.05, 0.1) is 0 Å². The van der Waals surface area contributed by atoms with Crippen molar-refractivity contribution in [2.24, 2.45) is 0 Å². The Morgan fingerprint density at radius 2 is 2.00 bits per heavy atom. The molecule has 2 rings (SSSR count). The second-order valence-electron chi connectivity index (χ2n) is 2.76. The highest BCUT2D eigenvalue weighted by molar-refractivity contribution is 7.20. The van der Waals surface area contributed by atoms with E-state index in [9.17, 15) is 14.7 Å². The van der Waals surface area contributed by atoms with Gasteiger partial charge in [-0.1, -0.05) is 23.5 Å². The molecule has 0 aliphatic heterocycles. The van der Waals surface area contributed by atoms with Crippen molar-refractivity contribution in [3.8, 4) is 5.06 Å². The minimum absolute atomic E-state index is 0.159. The summed E-state index contributed by atoms with van der Waals surface area (Å²) in [6.07, 6.45) is 0.389. The molecule has 2 aromatic rings. The molecule has 4 heteroatoms. The standard InChI is InChI=1S/C10H6O3S/c11-5-7-9(12)6-3-1-2-4-8(6)14-10(7)13/h1-5,13H. The highest BCUT2D eigenvalue weighted by atomic mass is 32.1. The summed E-state index contributed by atoms with van der Waals surface area (Å²) >= 11 is 1.03. The Morgan fingerprint density at radius 3 is 2.71 bits per heavy atom. The SMILES string of the molecule is O=Cc1c(O)sc2ccccc2c1=O. The molecule has 0 aliphatic rings. The molecule has 0 amide bonds. The van der Waals surface area contributed by atoms with Gasteiger partial charge in [-0.2, -0.15) is 0 Å². The van der Waals surface area contributed by atoms with Gasteiger partial charge in [0, 0.05) is 10.1 Å². The molecule has 0 radical (unpaired) electrons. The fraction of sp³-hybridized carbons (Fsp3) is 0. The zero-order valence-electron chi connectivity index (χ0n) is 7.06. The van der Waals surface area contributed by atoms with E-state index < -0.39 is 5.43 Å². The molecule has 0 fully saturated rings. The Labute approximate surface area is 83.2 Å². The van der Waals surface area contributed by atoms with Crippen LogP contribution in [0.4, 0.5) is 0 Å². The molecule has 3 nitrogen and oxygen atoms in total. The zero-order valence-corrected chi connectivity index (χ0v) is 7.88. The van der Waals surface area contributed by atoms with Crippen LogP contribution in [0, 0.1) is 0 Å². The summed E-state index contributed by atoms with van der Waals surface area (Å²) in [5.74, 6) is 0. The second kappa shape index (κ2) is 3.23. The quantitative estimate of drug-likeness (QED) is 0.723. The number of hydrogen-bond donors (Lipinski definition) is 1. The molecule has 70 valence electrons. The van der Waals surface area contributed by atoms with Crippen LogP contribution in [0.15, 0.2) is 29.1 Å². The fourth-order valence-electron chi connectivity index (χ4n) is 1.25. The third kappa shape index (κ3) is 1.20. The largest absolute Gasteiger partial charge is 0.499 e. The zero-order chi connectivity index (χ0) is 10.1. The molecule has 0 saturated heterocycles. The molecule has 0 saturated carbocycles. The molecular weight excluding hydrogens is 200 g/mol. The summed E-state index contributed by atoms with van der Waals surface area (Å²) in [4.78, 5) is 22.1. The van der Waals surface area contributed by atoms with Crippen molar-refractivity contribution in [1.82, 2.24) is 0 Å². The van der Waals surface area contributed by atoms with Gasteiger partial charge in [-0.25, -0.2) is 0 Å². The summed E-state index contributed by atoms with van der Waals surface area (Å²) in [5.41, 5.74) is -0.569. The van der Waals surface area contributed by atoms with Gasteiger partial charge in [-0.05, 0) is 12.1 Å². The highest BCUT2D eigenvalue weighted by Crippen LogP contribution is 2.26. The first-order valence-corrected chi connectivity index (χ1v) is 4.75. The average Bonchev–Trinajstić information content (AvgIpc) is 2.18. The van der Waals surface area contributed by atoms with Crippen LogP contribution in [-0.2, 0) is 0 Å². The third-order valence-corrected chi connectivity index (χ3v) is 2.92. The number of rotatable bonds is 1. The van der Waals surface area contributed by atoms with Crippen LogP contribution in [-0.4, -0.2) is 11.4 Å². The Hall–Kier alpha value is -1.68. The maximum Gasteiger partial charge on any atom is 0.202 e. The number of fused-ring (bicyclic) bond motifs is 1. The van der Waals surface area contributed by atoms with E-state index in [-0.39, 0.29) is 10.6 Å². The highest BCUT2D eigenvalue weighted by Gasteiger charge is 2.09. The van der Waals surface area contributed by atoms with Crippen molar-refractivity contribution >= 4 is 27.7 Å². The van der Waals surface area contributed by atoms with Crippen LogP contribution >= 0.6 is 11.3 Å². The van der Waals surface area contributed by atoms with Crippen molar-refractivity contribution in [3.63, 3.8) is 0 Å². The molecular formula is C10H6O3S. The molecule has 0 spiro atoms. The Balaban J connectivity index is 3.00. The van der Waals surface area contributed by atoms with Gasteiger partial charge < -0.3 is 5.11 Å². The number of hydrogen-bond acceptors (Lipinski definition) is 4. The third-order valence-electron chi connectivity index (χ3n) is 1.93. The Morgan fingerprint density at radius 1 is 1.29 bits per heavy atom. The molecule has 1 N–H and O–H groups in total. The number of aldehydes is 1. The molecule has 0 bridgehead atoms. The summed E-state index contributed by atoms with van der Waals surface area (Å²) in [5, 5.41) is 9.63. The normalized spacial score (nSPS) is 10.3. The minimum atomic E-state index is -0.410. The van der Waals surface area contributed by atoms with Crippen molar-refractivity contribution in [1.29, 1.82) is 0 Å². The lowest BCUT2D eigenvalue weighted by molar-refractivity contribution is 0.112. The summed E-state index contributed by atoms with van der Waals surface area (Å²) in [6.45, 7) is 0. The van der Waals surface area contributed by atoms with Gasteiger partial charge in [0.2, 0.25) is 5.43 Å². The molecule has 0 atom stereocenters. The van der Waals surface area contributed by atoms with Gasteiger partial charge >= 0.3 is 0 Å². The molecule has 1 aromatic heterocycles. The Bertz CT molecular complexity index is 557. The lowest BCUT2D eigenvalue weighted by Gasteiger charge is -1.98. The Kier molecular flexibility index (Phi) is 2.05. The van der Waals surface area contributed by atoms with Gasteiger partial charge in [0.15, 0.2) is 11.3 Å². The smallest absolute Gasteiger partial charge is 0.202 e. The van der Waals surface area contributed by atoms with Crippen LogP contribution < -0.4 is 5.43 Å². The molecule has 14 heavy (non-hydrogen) atoms. The first kappa shape index (κ1) is 8.90. The molecule has 1 aromatic carbocycles. The first-order valence-electron chi connectivity index (χ1n) is 3.94.